The summed E-state index contributed by atoms with van der Waals surface area (Å²) in [6.07, 6.45) is 1.19. The highest BCUT2D eigenvalue weighted by molar-refractivity contribution is 5.21. The third-order valence-electron chi connectivity index (χ3n) is 2.98. The van der Waals surface area contributed by atoms with Crippen LogP contribution in [0.2, 0.25) is 0 Å². The summed E-state index contributed by atoms with van der Waals surface area (Å²) in [5.41, 5.74) is 5.45. The van der Waals surface area contributed by atoms with Gasteiger partial charge in [-0.25, -0.2) is 0 Å². The molecule has 0 fully saturated rings. The van der Waals surface area contributed by atoms with Crippen LogP contribution in [0, 0.1) is 26.7 Å². The molecule has 0 saturated carbocycles. The molecule has 0 N–H and O–H groups in total. The molecule has 0 aliphatic carbocycles. The normalized spacial score (nSPS) is 9.33. The number of benzene rings is 2. The maximum atomic E-state index is 2.25. The van der Waals surface area contributed by atoms with E-state index in [-0.39, 0.29) is 0 Å². The van der Waals surface area contributed by atoms with Crippen LogP contribution in [0.25, 0.3) is 0 Å². The topological polar surface area (TPSA) is 0 Å². The van der Waals surface area contributed by atoms with E-state index in [1.165, 1.54) is 28.7 Å². The Bertz CT molecular complexity index is 439. The fraction of sp³-hybridized carbons (Fsp3) is 0.429. The lowest BCUT2D eigenvalue weighted by Gasteiger charge is -2.04. The lowest BCUT2D eigenvalue weighted by atomic mass is 10.0. The van der Waals surface area contributed by atoms with Gasteiger partial charge < -0.3 is 0 Å². The summed E-state index contributed by atoms with van der Waals surface area (Å²) >= 11 is 0. The van der Waals surface area contributed by atoms with Gasteiger partial charge in [0.05, 0.1) is 0 Å². The predicted octanol–water partition coefficient (Wildman–Crippen LogP) is 6.52. The molecule has 0 saturated heterocycles. The van der Waals surface area contributed by atoms with Crippen molar-refractivity contribution in [3.8, 4) is 0 Å². The Balaban J connectivity index is 0.000000354. The molecule has 0 heteroatoms. The van der Waals surface area contributed by atoms with Gasteiger partial charge in [0.25, 0.3) is 0 Å². The van der Waals surface area contributed by atoms with Gasteiger partial charge in [-0.15, -0.1) is 0 Å². The van der Waals surface area contributed by atoms with Gasteiger partial charge in [0.2, 0.25) is 0 Å². The molecule has 0 bridgehead atoms. The highest BCUT2D eigenvalue weighted by atomic mass is 14.0. The minimum atomic E-state index is 0.762. The molecular weight excluding hydrogens is 252 g/mol. The Morgan fingerprint density at radius 2 is 0.905 bits per heavy atom. The third kappa shape index (κ3) is 9.90. The van der Waals surface area contributed by atoms with Crippen molar-refractivity contribution in [2.24, 2.45) is 5.92 Å². The van der Waals surface area contributed by atoms with Gasteiger partial charge in [-0.1, -0.05) is 92.9 Å². The molecule has 0 aromatic heterocycles. The smallest absolute Gasteiger partial charge is 0.0256 e. The summed E-state index contributed by atoms with van der Waals surface area (Å²) in [4.78, 5) is 0. The monoisotopic (exact) mass is 284 g/mol. The lowest BCUT2D eigenvalue weighted by molar-refractivity contribution is 0.647. The second-order valence-electron chi connectivity index (χ2n) is 5.74. The second kappa shape index (κ2) is 11.1. The van der Waals surface area contributed by atoms with Crippen molar-refractivity contribution in [2.45, 2.75) is 54.9 Å². The van der Waals surface area contributed by atoms with Gasteiger partial charge in [0, 0.05) is 0 Å². The van der Waals surface area contributed by atoms with Gasteiger partial charge in [-0.2, -0.15) is 0 Å². The summed E-state index contributed by atoms with van der Waals surface area (Å²) < 4.78 is 0. The van der Waals surface area contributed by atoms with E-state index < -0.39 is 0 Å². The van der Waals surface area contributed by atoms with Crippen molar-refractivity contribution in [1.29, 1.82) is 0 Å². The van der Waals surface area contributed by atoms with Crippen LogP contribution in [0.4, 0.5) is 0 Å². The molecule has 0 nitrogen and oxygen atoms in total. The minimum Gasteiger partial charge on any atom is -0.0683 e. The summed E-state index contributed by atoms with van der Waals surface area (Å²) in [5.74, 6) is 0.762. The van der Waals surface area contributed by atoms with Crippen LogP contribution in [-0.4, -0.2) is 0 Å². The number of hydrogen-bond donors (Lipinski definition) is 0. The van der Waals surface area contributed by atoms with Crippen molar-refractivity contribution in [2.75, 3.05) is 0 Å². The molecule has 21 heavy (non-hydrogen) atoms. The van der Waals surface area contributed by atoms with Crippen LogP contribution < -0.4 is 0 Å². The Morgan fingerprint density at radius 1 is 0.619 bits per heavy atom. The van der Waals surface area contributed by atoms with Crippen LogP contribution in [0.1, 0.15) is 49.9 Å². The predicted molar refractivity (Wildman–Crippen MR) is 97.0 cm³/mol. The van der Waals surface area contributed by atoms with Crippen LogP contribution in [0.5, 0.6) is 0 Å². The van der Waals surface area contributed by atoms with E-state index in [0.29, 0.717) is 0 Å². The highest BCUT2D eigenvalue weighted by Gasteiger charge is 1.95. The van der Waals surface area contributed by atoms with E-state index in [1.54, 1.807) is 0 Å². The average Bonchev–Trinajstić information content (AvgIpc) is 2.47. The summed E-state index contributed by atoms with van der Waals surface area (Å²) in [6, 6.07) is 17.3. The Kier molecular flexibility index (Phi) is 10.3. The number of aryl methyl sites for hydroxylation is 3. The largest absolute Gasteiger partial charge is 0.0683 e. The maximum absolute atomic E-state index is 2.25. The molecule has 0 aliphatic heterocycles. The zero-order valence-corrected chi connectivity index (χ0v) is 14.9. The zero-order chi connectivity index (χ0) is 16.3. The van der Waals surface area contributed by atoms with E-state index in [1.807, 2.05) is 13.8 Å². The average molecular weight is 284 g/mol. The summed E-state index contributed by atoms with van der Waals surface area (Å²) in [5, 5.41) is 0. The third-order valence-corrected chi connectivity index (χ3v) is 2.98. The van der Waals surface area contributed by atoms with E-state index in [2.05, 4.69) is 83.1 Å². The highest BCUT2D eigenvalue weighted by Crippen LogP contribution is 2.08. The van der Waals surface area contributed by atoms with E-state index in [9.17, 15) is 0 Å². The summed E-state index contributed by atoms with van der Waals surface area (Å²) in [7, 11) is 0. The Hall–Kier alpha value is -1.56. The van der Waals surface area contributed by atoms with Crippen molar-refractivity contribution < 1.29 is 0 Å². The molecule has 0 atom stereocenters. The minimum absolute atomic E-state index is 0.762. The first-order valence-corrected chi connectivity index (χ1v) is 8.06. The molecule has 116 valence electrons. The first-order valence-electron chi connectivity index (χ1n) is 8.06. The van der Waals surface area contributed by atoms with Gasteiger partial charge in [0.1, 0.15) is 0 Å². The molecule has 0 spiro atoms. The van der Waals surface area contributed by atoms with Gasteiger partial charge in [-0.05, 0) is 38.7 Å². The molecule has 2 aromatic carbocycles. The molecular formula is C21H32. The van der Waals surface area contributed by atoms with Crippen molar-refractivity contribution in [3.05, 3.63) is 70.8 Å². The van der Waals surface area contributed by atoms with Crippen LogP contribution >= 0.6 is 0 Å². The van der Waals surface area contributed by atoms with Crippen LogP contribution in [-0.2, 0) is 6.42 Å². The first kappa shape index (κ1) is 19.4. The Labute approximate surface area is 132 Å². The van der Waals surface area contributed by atoms with Gasteiger partial charge in [0.15, 0.2) is 0 Å². The van der Waals surface area contributed by atoms with Gasteiger partial charge >= 0.3 is 0 Å². The molecule has 0 radical (unpaired) electrons. The molecule has 2 rings (SSSR count). The fourth-order valence-corrected chi connectivity index (χ4v) is 1.83. The van der Waals surface area contributed by atoms with Crippen molar-refractivity contribution in [1.82, 2.24) is 0 Å². The number of rotatable bonds is 2. The van der Waals surface area contributed by atoms with E-state index in [4.69, 9.17) is 0 Å². The molecule has 0 aliphatic rings. The van der Waals surface area contributed by atoms with E-state index >= 15 is 0 Å². The van der Waals surface area contributed by atoms with Crippen LogP contribution in [0.3, 0.4) is 0 Å². The van der Waals surface area contributed by atoms with Crippen molar-refractivity contribution in [3.63, 3.8) is 0 Å². The van der Waals surface area contributed by atoms with Crippen molar-refractivity contribution >= 4 is 0 Å². The molecule has 0 heterocycles. The molecule has 0 amide bonds. The zero-order valence-electron chi connectivity index (χ0n) is 14.9. The maximum Gasteiger partial charge on any atom is -0.0256 e. The van der Waals surface area contributed by atoms with Crippen LogP contribution in [0.15, 0.2) is 48.5 Å². The quantitative estimate of drug-likeness (QED) is 0.588. The summed E-state index contributed by atoms with van der Waals surface area (Å²) in [6.45, 7) is 14.8. The lowest BCUT2D eigenvalue weighted by Crippen LogP contribution is -1.93. The van der Waals surface area contributed by atoms with Gasteiger partial charge in [-0.3, -0.25) is 0 Å². The van der Waals surface area contributed by atoms with E-state index in [0.717, 1.165) is 5.92 Å². The molecule has 2 aromatic rings. The SMILES string of the molecule is CC.Cc1ccc(C)cc1.Cc1ccc(CC(C)C)cc1. The fourth-order valence-electron chi connectivity index (χ4n) is 1.83. The second-order valence-corrected chi connectivity index (χ2v) is 5.74. The standard InChI is InChI=1S/C11H16.C8H10.C2H6/c1-9(2)8-11-6-4-10(3)5-7-11;1-7-3-5-8(2)6-4-7;1-2/h4-7,9H,8H2,1-3H3;3-6H,1-2H3;1-2H3. The first-order chi connectivity index (χ1) is 9.97. The number of hydrogen-bond acceptors (Lipinski definition) is 0. The Morgan fingerprint density at radius 3 is 1.19 bits per heavy atom. The molecule has 0 unspecified atom stereocenters.